The Bertz CT molecular complexity index is 1130. The van der Waals surface area contributed by atoms with Crippen LogP contribution in [0.4, 0.5) is 0 Å². The van der Waals surface area contributed by atoms with Gasteiger partial charge in [-0.3, -0.25) is 4.79 Å². The fourth-order valence-corrected chi connectivity index (χ4v) is 4.72. The first-order valence-corrected chi connectivity index (χ1v) is 11.7. The van der Waals surface area contributed by atoms with Crippen LogP contribution < -0.4 is 5.32 Å². The average Bonchev–Trinajstić information content (AvgIpc) is 3.16. The smallest absolute Gasteiger partial charge is 0.290 e. The summed E-state index contributed by atoms with van der Waals surface area (Å²) in [5.41, 5.74) is 0.457. The summed E-state index contributed by atoms with van der Waals surface area (Å²) in [6, 6.07) is 13.3. The Labute approximate surface area is 185 Å². The molecule has 3 rings (SSSR count). The Morgan fingerprint density at radius 3 is 2.37 bits per heavy atom. The summed E-state index contributed by atoms with van der Waals surface area (Å²) in [6.45, 7) is 2.05. The van der Waals surface area contributed by atoms with Gasteiger partial charge in [0.1, 0.15) is 11.5 Å². The molecule has 1 N–H and O–H groups in total. The van der Waals surface area contributed by atoms with Crippen LogP contribution in [0.1, 0.15) is 29.8 Å². The van der Waals surface area contributed by atoms with Crippen molar-refractivity contribution >= 4 is 38.9 Å². The number of para-hydroxylation sites is 1. The molecule has 0 aliphatic carbocycles. The highest BCUT2D eigenvalue weighted by molar-refractivity contribution is 7.91. The molecule has 0 fully saturated rings. The molecule has 0 aliphatic rings. The summed E-state index contributed by atoms with van der Waals surface area (Å²) in [7, 11) is -3.39. The molecule has 0 spiro atoms. The van der Waals surface area contributed by atoms with Crippen molar-refractivity contribution in [2.24, 2.45) is 0 Å². The minimum Gasteiger partial charge on any atom is -0.349 e. The van der Waals surface area contributed by atoms with Crippen LogP contribution in [0.5, 0.6) is 0 Å². The summed E-state index contributed by atoms with van der Waals surface area (Å²) in [4.78, 5) is 17.0. The normalized spacial score (nSPS) is 11.4. The molecule has 0 aliphatic heterocycles. The van der Waals surface area contributed by atoms with E-state index in [0.717, 1.165) is 0 Å². The number of aryl methyl sites for hydroxylation is 1. The first-order valence-electron chi connectivity index (χ1n) is 9.30. The van der Waals surface area contributed by atoms with E-state index in [0.29, 0.717) is 28.0 Å². The zero-order valence-electron chi connectivity index (χ0n) is 16.2. The molecule has 0 bridgehead atoms. The molecular weight excluding hydrogens is 447 g/mol. The van der Waals surface area contributed by atoms with Gasteiger partial charge in [-0.15, -0.1) is 5.10 Å². The van der Waals surface area contributed by atoms with E-state index in [1.807, 2.05) is 6.92 Å². The van der Waals surface area contributed by atoms with Crippen molar-refractivity contribution in [2.45, 2.75) is 24.7 Å². The van der Waals surface area contributed by atoms with Gasteiger partial charge in [-0.25, -0.2) is 18.1 Å². The van der Waals surface area contributed by atoms with Crippen molar-refractivity contribution in [2.75, 3.05) is 12.3 Å². The van der Waals surface area contributed by atoms with Gasteiger partial charge in [0.15, 0.2) is 9.84 Å². The van der Waals surface area contributed by atoms with Crippen LogP contribution in [0.2, 0.25) is 10.0 Å². The maximum atomic E-state index is 12.5. The van der Waals surface area contributed by atoms with Crippen LogP contribution in [0.25, 0.3) is 5.69 Å². The van der Waals surface area contributed by atoms with E-state index in [1.165, 1.54) is 4.68 Å². The standard InChI is InChI=1S/C20H20Cl2N4O3S/c1-2-17-24-19(25-26(17)18-15(21)10-6-11-16(18)22)20(27)23-12-7-13-30(28,29)14-8-4-3-5-9-14/h3-6,8-11H,2,7,12-13H2,1H3,(H,23,27). The predicted octanol–water partition coefficient (Wildman–Crippen LogP) is 3.73. The fraction of sp³-hybridized carbons (Fsp3) is 0.250. The molecule has 7 nitrogen and oxygen atoms in total. The number of hydrogen-bond donors (Lipinski definition) is 1. The SMILES string of the molecule is CCc1nc(C(=O)NCCCS(=O)(=O)c2ccccc2)nn1-c1c(Cl)cccc1Cl. The molecule has 0 unspecified atom stereocenters. The quantitative estimate of drug-likeness (QED) is 0.510. The third-order valence-electron chi connectivity index (χ3n) is 4.32. The molecule has 0 atom stereocenters. The zero-order valence-corrected chi connectivity index (χ0v) is 18.5. The van der Waals surface area contributed by atoms with Crippen molar-refractivity contribution in [1.82, 2.24) is 20.1 Å². The minimum atomic E-state index is -3.39. The third kappa shape index (κ3) is 5.00. The van der Waals surface area contributed by atoms with Crippen LogP contribution in [0.3, 0.4) is 0 Å². The highest BCUT2D eigenvalue weighted by Gasteiger charge is 2.20. The number of amides is 1. The van der Waals surface area contributed by atoms with Crippen molar-refractivity contribution in [3.8, 4) is 5.69 Å². The zero-order chi connectivity index (χ0) is 21.7. The highest BCUT2D eigenvalue weighted by atomic mass is 35.5. The van der Waals surface area contributed by atoms with Gasteiger partial charge in [0.25, 0.3) is 5.91 Å². The third-order valence-corrected chi connectivity index (χ3v) is 6.75. The number of carbonyl (C=O) groups excluding carboxylic acids is 1. The molecular formula is C20H20Cl2N4O3S. The van der Waals surface area contributed by atoms with Crippen LogP contribution >= 0.6 is 23.2 Å². The van der Waals surface area contributed by atoms with Gasteiger partial charge in [0.2, 0.25) is 5.82 Å². The highest BCUT2D eigenvalue weighted by Crippen LogP contribution is 2.28. The van der Waals surface area contributed by atoms with Gasteiger partial charge in [-0.2, -0.15) is 0 Å². The van der Waals surface area contributed by atoms with Crippen LogP contribution in [-0.4, -0.2) is 41.4 Å². The number of halogens is 2. The number of aromatic nitrogens is 3. The molecule has 2 aromatic carbocycles. The number of sulfone groups is 1. The number of hydrogen-bond acceptors (Lipinski definition) is 5. The molecule has 0 saturated heterocycles. The van der Waals surface area contributed by atoms with Gasteiger partial charge < -0.3 is 5.32 Å². The lowest BCUT2D eigenvalue weighted by molar-refractivity contribution is 0.0943. The monoisotopic (exact) mass is 466 g/mol. The first kappa shape index (κ1) is 22.3. The van der Waals surface area contributed by atoms with Gasteiger partial charge >= 0.3 is 0 Å². The molecule has 10 heteroatoms. The average molecular weight is 467 g/mol. The van der Waals surface area contributed by atoms with Crippen LogP contribution in [-0.2, 0) is 16.3 Å². The minimum absolute atomic E-state index is 0.0336. The Morgan fingerprint density at radius 1 is 1.07 bits per heavy atom. The molecule has 158 valence electrons. The summed E-state index contributed by atoms with van der Waals surface area (Å²) in [5.74, 6) is -0.0755. The molecule has 1 amide bonds. The number of carbonyl (C=O) groups is 1. The van der Waals surface area contributed by atoms with Gasteiger partial charge in [0, 0.05) is 13.0 Å². The molecule has 30 heavy (non-hydrogen) atoms. The van der Waals surface area contributed by atoms with E-state index < -0.39 is 15.7 Å². The van der Waals surface area contributed by atoms with E-state index in [9.17, 15) is 13.2 Å². The Hall–Kier alpha value is -2.42. The van der Waals surface area contributed by atoms with E-state index in [2.05, 4.69) is 15.4 Å². The second-order valence-electron chi connectivity index (χ2n) is 6.43. The predicted molar refractivity (Wildman–Crippen MR) is 116 cm³/mol. The Morgan fingerprint density at radius 2 is 1.73 bits per heavy atom. The van der Waals surface area contributed by atoms with Gasteiger partial charge in [-0.1, -0.05) is 54.4 Å². The number of nitrogens with one attached hydrogen (secondary N) is 1. The topological polar surface area (TPSA) is 93.9 Å². The Kier molecular flexibility index (Phi) is 7.12. The summed E-state index contributed by atoms with van der Waals surface area (Å²) in [5, 5.41) is 7.69. The maximum absolute atomic E-state index is 12.5. The molecule has 0 saturated carbocycles. The Balaban J connectivity index is 1.66. The molecule has 3 aromatic rings. The van der Waals surface area contributed by atoms with Crippen molar-refractivity contribution in [3.63, 3.8) is 0 Å². The van der Waals surface area contributed by atoms with Gasteiger partial charge in [0.05, 0.1) is 20.7 Å². The van der Waals surface area contributed by atoms with Gasteiger partial charge in [-0.05, 0) is 30.7 Å². The lowest BCUT2D eigenvalue weighted by Gasteiger charge is -2.08. The summed E-state index contributed by atoms with van der Waals surface area (Å²) in [6.07, 6.45) is 0.776. The largest absolute Gasteiger partial charge is 0.349 e. The van der Waals surface area contributed by atoms with E-state index in [1.54, 1.807) is 48.5 Å². The molecule has 1 heterocycles. The second kappa shape index (κ2) is 9.59. The van der Waals surface area contributed by atoms with Crippen LogP contribution in [0, 0.1) is 0 Å². The van der Waals surface area contributed by atoms with E-state index in [4.69, 9.17) is 23.2 Å². The summed E-state index contributed by atoms with van der Waals surface area (Å²) < 4.78 is 26.0. The van der Waals surface area contributed by atoms with Crippen molar-refractivity contribution in [1.29, 1.82) is 0 Å². The molecule has 0 radical (unpaired) electrons. The lowest BCUT2D eigenvalue weighted by atomic mass is 10.3. The maximum Gasteiger partial charge on any atom is 0.290 e. The number of rotatable bonds is 8. The van der Waals surface area contributed by atoms with Crippen molar-refractivity contribution < 1.29 is 13.2 Å². The van der Waals surface area contributed by atoms with Crippen molar-refractivity contribution in [3.05, 3.63) is 70.2 Å². The fourth-order valence-electron chi connectivity index (χ4n) is 2.83. The van der Waals surface area contributed by atoms with E-state index >= 15 is 0 Å². The summed E-state index contributed by atoms with van der Waals surface area (Å²) >= 11 is 12.5. The first-order chi connectivity index (χ1) is 14.3. The van der Waals surface area contributed by atoms with Crippen LogP contribution in [0.15, 0.2) is 53.4 Å². The number of nitrogens with zero attached hydrogens (tertiary/aromatic N) is 3. The lowest BCUT2D eigenvalue weighted by Crippen LogP contribution is -2.27. The van der Waals surface area contributed by atoms with E-state index in [-0.39, 0.29) is 29.4 Å². The number of benzene rings is 2. The molecule has 1 aromatic heterocycles. The second-order valence-corrected chi connectivity index (χ2v) is 9.35.